The summed E-state index contributed by atoms with van der Waals surface area (Å²) in [6.07, 6.45) is 0. The van der Waals surface area contributed by atoms with Gasteiger partial charge in [-0.15, -0.1) is 0 Å². The number of benzene rings is 1. The van der Waals surface area contributed by atoms with E-state index >= 15 is 0 Å². The van der Waals surface area contributed by atoms with Gasteiger partial charge in [0.1, 0.15) is 10.6 Å². The minimum atomic E-state index is -0.743. The Morgan fingerprint density at radius 1 is 1.04 bits per heavy atom. The van der Waals surface area contributed by atoms with Crippen molar-refractivity contribution in [2.24, 2.45) is 0 Å². The van der Waals surface area contributed by atoms with Gasteiger partial charge in [0.2, 0.25) is 0 Å². The zero-order chi connectivity index (χ0) is 16.8. The van der Waals surface area contributed by atoms with Crippen LogP contribution >= 0.6 is 0 Å². The molecule has 0 aliphatic carbocycles. The van der Waals surface area contributed by atoms with Crippen molar-refractivity contribution in [1.82, 2.24) is 5.32 Å². The van der Waals surface area contributed by atoms with E-state index in [-0.39, 0.29) is 24.5 Å². The molecule has 0 aliphatic rings. The van der Waals surface area contributed by atoms with Crippen LogP contribution in [0, 0.1) is 20.2 Å². The highest BCUT2D eigenvalue weighted by atomic mass is 16.6. The van der Waals surface area contributed by atoms with Crippen molar-refractivity contribution < 1.29 is 19.1 Å². The third-order valence-corrected chi connectivity index (χ3v) is 2.82. The molecule has 0 spiro atoms. The summed E-state index contributed by atoms with van der Waals surface area (Å²) in [7, 11) is 0. The standard InChI is InChI=1S/C13H12N4O6/c18-13(11-5-6-12(23-11)17(21)22)15-8-7-14-9-3-1-2-4-10(9)16(19)20/h1-6,14H,7-8H2,(H,15,18). The predicted molar refractivity (Wildman–Crippen MR) is 79.3 cm³/mol. The fraction of sp³-hybridized carbons (Fsp3) is 0.154. The fourth-order valence-corrected chi connectivity index (χ4v) is 1.79. The van der Waals surface area contributed by atoms with Crippen LogP contribution in [0.2, 0.25) is 0 Å². The zero-order valence-corrected chi connectivity index (χ0v) is 11.7. The fourth-order valence-electron chi connectivity index (χ4n) is 1.79. The normalized spacial score (nSPS) is 10.1. The third kappa shape index (κ3) is 4.03. The molecule has 10 nitrogen and oxygen atoms in total. The van der Waals surface area contributed by atoms with E-state index in [9.17, 15) is 25.0 Å². The molecule has 10 heteroatoms. The quantitative estimate of drug-likeness (QED) is 0.451. The van der Waals surface area contributed by atoms with E-state index in [4.69, 9.17) is 4.42 Å². The number of nitrogens with one attached hydrogen (secondary N) is 2. The maximum absolute atomic E-state index is 11.7. The van der Waals surface area contributed by atoms with Crippen molar-refractivity contribution in [1.29, 1.82) is 0 Å². The van der Waals surface area contributed by atoms with Gasteiger partial charge in [-0.1, -0.05) is 12.1 Å². The second-order valence-electron chi connectivity index (χ2n) is 4.35. The van der Waals surface area contributed by atoms with E-state index in [0.717, 1.165) is 6.07 Å². The smallest absolute Gasteiger partial charge is 0.395 e. The van der Waals surface area contributed by atoms with Gasteiger partial charge in [-0.3, -0.25) is 25.0 Å². The molecule has 0 aliphatic heterocycles. The number of nitro benzene ring substituents is 1. The molecule has 0 unspecified atom stereocenters. The Bertz CT molecular complexity index is 742. The molecule has 120 valence electrons. The Hall–Kier alpha value is -3.43. The summed E-state index contributed by atoms with van der Waals surface area (Å²) in [6, 6.07) is 8.40. The van der Waals surface area contributed by atoms with Crippen molar-refractivity contribution in [3.05, 3.63) is 62.4 Å². The first-order valence-electron chi connectivity index (χ1n) is 6.49. The predicted octanol–water partition coefficient (Wildman–Crippen LogP) is 1.94. The van der Waals surface area contributed by atoms with Crippen LogP contribution in [0.3, 0.4) is 0 Å². The number of nitro groups is 2. The topological polar surface area (TPSA) is 141 Å². The molecule has 1 aromatic carbocycles. The lowest BCUT2D eigenvalue weighted by Crippen LogP contribution is -2.28. The Labute approximate surface area is 129 Å². The maximum Gasteiger partial charge on any atom is 0.433 e. The molecule has 2 rings (SSSR count). The SMILES string of the molecule is O=C(NCCNc1ccccc1[N+](=O)[O-])c1ccc([N+](=O)[O-])o1. The van der Waals surface area contributed by atoms with Gasteiger partial charge in [0.25, 0.3) is 11.6 Å². The number of hydrogen-bond donors (Lipinski definition) is 2. The van der Waals surface area contributed by atoms with Crippen molar-refractivity contribution in [3.63, 3.8) is 0 Å². The van der Waals surface area contributed by atoms with Crippen molar-refractivity contribution in [2.45, 2.75) is 0 Å². The second kappa shape index (κ2) is 7.02. The average Bonchev–Trinajstić information content (AvgIpc) is 3.02. The first-order chi connectivity index (χ1) is 11.0. The van der Waals surface area contributed by atoms with E-state index < -0.39 is 21.6 Å². The molecule has 0 fully saturated rings. The van der Waals surface area contributed by atoms with Gasteiger partial charge in [-0.2, -0.15) is 0 Å². The van der Waals surface area contributed by atoms with Crippen LogP contribution in [0.15, 0.2) is 40.8 Å². The lowest BCUT2D eigenvalue weighted by atomic mass is 10.2. The van der Waals surface area contributed by atoms with Gasteiger partial charge in [-0.05, 0) is 12.1 Å². The molecule has 0 saturated carbocycles. The highest BCUT2D eigenvalue weighted by molar-refractivity contribution is 5.91. The molecule has 0 atom stereocenters. The molecule has 2 aromatic rings. The van der Waals surface area contributed by atoms with Gasteiger partial charge in [-0.25, -0.2) is 0 Å². The molecular formula is C13H12N4O6. The summed E-state index contributed by atoms with van der Waals surface area (Å²) in [5.74, 6) is -1.31. The molecular weight excluding hydrogens is 308 g/mol. The van der Waals surface area contributed by atoms with E-state index in [1.54, 1.807) is 18.2 Å². The molecule has 1 amide bonds. The number of hydrogen-bond acceptors (Lipinski definition) is 7. The molecule has 0 bridgehead atoms. The first kappa shape index (κ1) is 15.9. The monoisotopic (exact) mass is 320 g/mol. The molecule has 2 N–H and O–H groups in total. The summed E-state index contributed by atoms with van der Waals surface area (Å²) in [5.41, 5.74) is 0.265. The number of nitrogens with zero attached hydrogens (tertiary/aromatic N) is 2. The van der Waals surface area contributed by atoms with Crippen LogP contribution in [-0.2, 0) is 0 Å². The largest absolute Gasteiger partial charge is 0.433 e. The van der Waals surface area contributed by atoms with Crippen molar-refractivity contribution in [2.75, 3.05) is 18.4 Å². The number of amides is 1. The first-order valence-corrected chi connectivity index (χ1v) is 6.49. The summed E-state index contributed by atoms with van der Waals surface area (Å²) in [6.45, 7) is 0.388. The number of rotatable bonds is 7. The molecule has 23 heavy (non-hydrogen) atoms. The van der Waals surface area contributed by atoms with Gasteiger partial charge >= 0.3 is 5.88 Å². The minimum absolute atomic E-state index is 0.0690. The third-order valence-electron chi connectivity index (χ3n) is 2.82. The molecule has 0 radical (unpaired) electrons. The van der Waals surface area contributed by atoms with E-state index in [1.807, 2.05) is 0 Å². The maximum atomic E-state index is 11.7. The van der Waals surface area contributed by atoms with Crippen molar-refractivity contribution in [3.8, 4) is 0 Å². The van der Waals surface area contributed by atoms with Gasteiger partial charge in [0.15, 0.2) is 5.76 Å². The van der Waals surface area contributed by atoms with E-state index in [1.165, 1.54) is 12.1 Å². The number of anilines is 1. The molecule has 1 heterocycles. The lowest BCUT2D eigenvalue weighted by molar-refractivity contribution is -0.402. The van der Waals surface area contributed by atoms with Gasteiger partial charge < -0.3 is 15.1 Å². The number of para-hydroxylation sites is 2. The Balaban J connectivity index is 1.84. The number of carbonyl (C=O) groups excluding carboxylic acids is 1. The number of carbonyl (C=O) groups is 1. The second-order valence-corrected chi connectivity index (χ2v) is 4.35. The van der Waals surface area contributed by atoms with Crippen LogP contribution in [0.25, 0.3) is 0 Å². The highest BCUT2D eigenvalue weighted by Gasteiger charge is 2.17. The van der Waals surface area contributed by atoms with Crippen LogP contribution in [-0.4, -0.2) is 28.8 Å². The Kier molecular flexibility index (Phi) is 4.87. The van der Waals surface area contributed by atoms with Crippen LogP contribution in [0.5, 0.6) is 0 Å². The lowest BCUT2D eigenvalue weighted by Gasteiger charge is -2.07. The van der Waals surface area contributed by atoms with Gasteiger partial charge in [0.05, 0.1) is 11.0 Å². The Morgan fingerprint density at radius 2 is 1.78 bits per heavy atom. The van der Waals surface area contributed by atoms with Crippen LogP contribution in [0.4, 0.5) is 17.3 Å². The zero-order valence-electron chi connectivity index (χ0n) is 11.7. The van der Waals surface area contributed by atoms with E-state index in [0.29, 0.717) is 5.69 Å². The average molecular weight is 320 g/mol. The summed E-state index contributed by atoms with van der Waals surface area (Å²) in [4.78, 5) is 31.7. The number of furan rings is 1. The Morgan fingerprint density at radius 3 is 2.43 bits per heavy atom. The summed E-state index contributed by atoms with van der Waals surface area (Å²) < 4.78 is 4.75. The van der Waals surface area contributed by atoms with Crippen molar-refractivity contribution >= 4 is 23.2 Å². The van der Waals surface area contributed by atoms with E-state index in [2.05, 4.69) is 10.6 Å². The molecule has 1 aromatic heterocycles. The summed E-state index contributed by atoms with van der Waals surface area (Å²) in [5, 5.41) is 26.6. The van der Waals surface area contributed by atoms with Crippen LogP contribution in [0.1, 0.15) is 10.6 Å². The van der Waals surface area contributed by atoms with Gasteiger partial charge in [0, 0.05) is 19.2 Å². The van der Waals surface area contributed by atoms with Crippen LogP contribution < -0.4 is 10.6 Å². The highest BCUT2D eigenvalue weighted by Crippen LogP contribution is 2.22. The molecule has 0 saturated heterocycles. The minimum Gasteiger partial charge on any atom is -0.395 e. The summed E-state index contributed by atoms with van der Waals surface area (Å²) >= 11 is 0.